The van der Waals surface area contributed by atoms with Gasteiger partial charge in [0.15, 0.2) is 15.1 Å². The molecule has 1 unspecified atom stereocenters. The summed E-state index contributed by atoms with van der Waals surface area (Å²) >= 11 is 0. The molecule has 0 aliphatic rings. The van der Waals surface area contributed by atoms with Crippen molar-refractivity contribution in [3.05, 3.63) is 30.3 Å². The molecule has 0 bridgehead atoms. The molecule has 0 fully saturated rings. The molecule has 0 aliphatic carbocycles. The average Bonchev–Trinajstić information content (AvgIpc) is 2.30. The van der Waals surface area contributed by atoms with Crippen LogP contribution in [-0.2, 0) is 19.4 Å². The monoisotopic (exact) mass is 242 g/mol. The van der Waals surface area contributed by atoms with Crippen LogP contribution in [0.1, 0.15) is 13.3 Å². The molecule has 5 heteroatoms. The van der Waals surface area contributed by atoms with Crippen LogP contribution in [0.3, 0.4) is 0 Å². The van der Waals surface area contributed by atoms with Crippen molar-refractivity contribution >= 4 is 15.8 Å². The Kier molecular flexibility index (Phi) is 4.06. The summed E-state index contributed by atoms with van der Waals surface area (Å²) in [4.78, 5) is 11.5. The van der Waals surface area contributed by atoms with E-state index in [-0.39, 0.29) is 11.3 Å². The fraction of sp³-hybridized carbons (Fsp3) is 0.364. The lowest BCUT2D eigenvalue weighted by atomic mass is 10.3. The van der Waals surface area contributed by atoms with Gasteiger partial charge in [-0.15, -0.1) is 0 Å². The van der Waals surface area contributed by atoms with E-state index in [0.717, 1.165) is 0 Å². The minimum Gasteiger partial charge on any atom is -0.468 e. The van der Waals surface area contributed by atoms with Crippen molar-refractivity contribution in [3.63, 3.8) is 0 Å². The van der Waals surface area contributed by atoms with Gasteiger partial charge in [0.2, 0.25) is 0 Å². The van der Waals surface area contributed by atoms with Crippen molar-refractivity contribution in [2.45, 2.75) is 23.5 Å². The smallest absolute Gasteiger partial charge is 0.324 e. The van der Waals surface area contributed by atoms with Crippen molar-refractivity contribution < 1.29 is 17.9 Å². The number of ether oxygens (including phenoxy) is 1. The van der Waals surface area contributed by atoms with E-state index in [0.29, 0.717) is 0 Å². The van der Waals surface area contributed by atoms with E-state index in [1.165, 1.54) is 19.2 Å². The summed E-state index contributed by atoms with van der Waals surface area (Å²) in [7, 11) is -2.45. The normalized spacial score (nSPS) is 13.1. The third-order valence-corrected chi connectivity index (χ3v) is 4.49. The molecule has 0 amide bonds. The van der Waals surface area contributed by atoms with Crippen LogP contribution in [0.25, 0.3) is 0 Å². The number of methoxy groups -OCH3 is 1. The summed E-state index contributed by atoms with van der Waals surface area (Å²) < 4.78 is 28.6. The van der Waals surface area contributed by atoms with Crippen LogP contribution in [0.15, 0.2) is 35.2 Å². The zero-order valence-electron chi connectivity index (χ0n) is 9.21. The Hall–Kier alpha value is -1.36. The lowest BCUT2D eigenvalue weighted by Gasteiger charge is -2.13. The van der Waals surface area contributed by atoms with Gasteiger partial charge in [-0.25, -0.2) is 8.42 Å². The second kappa shape index (κ2) is 5.12. The quantitative estimate of drug-likeness (QED) is 0.749. The second-order valence-electron chi connectivity index (χ2n) is 3.28. The maximum absolute atomic E-state index is 12.1. The fourth-order valence-electron chi connectivity index (χ4n) is 1.42. The average molecular weight is 242 g/mol. The molecule has 0 N–H and O–H groups in total. The molecule has 4 nitrogen and oxygen atoms in total. The summed E-state index contributed by atoms with van der Waals surface area (Å²) in [5, 5.41) is -1.13. The number of benzene rings is 1. The predicted molar refractivity (Wildman–Crippen MR) is 59.7 cm³/mol. The molecule has 0 heterocycles. The zero-order chi connectivity index (χ0) is 12.2. The van der Waals surface area contributed by atoms with Gasteiger partial charge in [-0.05, 0) is 18.6 Å². The Labute approximate surface area is 95.2 Å². The minimum absolute atomic E-state index is 0.146. The molecule has 0 spiro atoms. The SMILES string of the molecule is CCC(C(=O)OC)S(=O)(=O)c1ccccc1. The Morgan fingerprint density at radius 3 is 2.31 bits per heavy atom. The Morgan fingerprint density at radius 1 is 1.31 bits per heavy atom. The molecule has 1 rings (SSSR count). The highest BCUT2D eigenvalue weighted by atomic mass is 32.2. The first-order chi connectivity index (χ1) is 7.54. The Morgan fingerprint density at radius 2 is 1.88 bits per heavy atom. The molecule has 88 valence electrons. The van der Waals surface area contributed by atoms with Crippen molar-refractivity contribution in [3.8, 4) is 0 Å². The number of rotatable bonds is 4. The lowest BCUT2D eigenvalue weighted by molar-refractivity contribution is -0.140. The van der Waals surface area contributed by atoms with Crippen LogP contribution in [0.4, 0.5) is 0 Å². The van der Waals surface area contributed by atoms with Crippen LogP contribution >= 0.6 is 0 Å². The predicted octanol–water partition coefficient (Wildman–Crippen LogP) is 1.41. The van der Waals surface area contributed by atoms with Gasteiger partial charge in [0, 0.05) is 0 Å². The van der Waals surface area contributed by atoms with Crippen molar-refractivity contribution in [1.82, 2.24) is 0 Å². The standard InChI is InChI=1S/C11H14O4S/c1-3-10(11(12)15-2)16(13,14)9-7-5-4-6-8-9/h4-8,10H,3H2,1-2H3. The number of sulfone groups is 1. The number of carbonyl (C=O) groups is 1. The van der Waals surface area contributed by atoms with E-state index >= 15 is 0 Å². The topological polar surface area (TPSA) is 60.4 Å². The molecule has 0 aliphatic heterocycles. The highest BCUT2D eigenvalue weighted by Gasteiger charge is 2.33. The van der Waals surface area contributed by atoms with E-state index in [1.807, 2.05) is 0 Å². The van der Waals surface area contributed by atoms with Gasteiger partial charge in [0.25, 0.3) is 0 Å². The molecule has 1 aromatic rings. The van der Waals surface area contributed by atoms with E-state index in [1.54, 1.807) is 25.1 Å². The summed E-state index contributed by atoms with van der Waals surface area (Å²) in [6, 6.07) is 7.91. The summed E-state index contributed by atoms with van der Waals surface area (Å²) in [6.45, 7) is 1.64. The van der Waals surface area contributed by atoms with Gasteiger partial charge >= 0.3 is 5.97 Å². The third kappa shape index (κ3) is 2.41. The van der Waals surface area contributed by atoms with Gasteiger partial charge in [-0.3, -0.25) is 4.79 Å². The van der Waals surface area contributed by atoms with E-state index in [9.17, 15) is 13.2 Å². The second-order valence-corrected chi connectivity index (χ2v) is 5.41. The lowest BCUT2D eigenvalue weighted by Crippen LogP contribution is -2.30. The highest BCUT2D eigenvalue weighted by molar-refractivity contribution is 7.92. The van der Waals surface area contributed by atoms with Gasteiger partial charge in [-0.1, -0.05) is 25.1 Å². The van der Waals surface area contributed by atoms with Crippen LogP contribution < -0.4 is 0 Å². The first-order valence-corrected chi connectivity index (χ1v) is 6.45. The first kappa shape index (κ1) is 12.7. The van der Waals surface area contributed by atoms with Gasteiger partial charge in [-0.2, -0.15) is 0 Å². The van der Waals surface area contributed by atoms with Crippen molar-refractivity contribution in [1.29, 1.82) is 0 Å². The molecule has 0 radical (unpaired) electrons. The van der Waals surface area contributed by atoms with Crippen LogP contribution in [0, 0.1) is 0 Å². The Balaban J connectivity index is 3.15. The molecular formula is C11H14O4S. The van der Waals surface area contributed by atoms with Crippen molar-refractivity contribution in [2.24, 2.45) is 0 Å². The molecular weight excluding hydrogens is 228 g/mol. The number of carbonyl (C=O) groups excluding carboxylic acids is 1. The number of hydrogen-bond donors (Lipinski definition) is 0. The van der Waals surface area contributed by atoms with Crippen LogP contribution in [0.2, 0.25) is 0 Å². The first-order valence-electron chi connectivity index (χ1n) is 4.90. The number of esters is 1. The van der Waals surface area contributed by atoms with E-state index < -0.39 is 21.1 Å². The maximum atomic E-state index is 12.1. The summed E-state index contributed by atoms with van der Waals surface area (Å²) in [5.41, 5.74) is 0. The fourth-order valence-corrected chi connectivity index (χ4v) is 3.07. The van der Waals surface area contributed by atoms with E-state index in [2.05, 4.69) is 4.74 Å². The Bertz CT molecular complexity index is 450. The number of hydrogen-bond acceptors (Lipinski definition) is 4. The van der Waals surface area contributed by atoms with Crippen molar-refractivity contribution in [2.75, 3.05) is 7.11 Å². The highest BCUT2D eigenvalue weighted by Crippen LogP contribution is 2.18. The minimum atomic E-state index is -3.64. The third-order valence-electron chi connectivity index (χ3n) is 2.28. The molecule has 0 aromatic heterocycles. The molecule has 16 heavy (non-hydrogen) atoms. The zero-order valence-corrected chi connectivity index (χ0v) is 10.0. The molecule has 1 atom stereocenters. The summed E-state index contributed by atoms with van der Waals surface area (Å²) in [6.07, 6.45) is 0.198. The molecule has 0 saturated heterocycles. The van der Waals surface area contributed by atoms with Crippen LogP contribution in [0.5, 0.6) is 0 Å². The molecule has 0 saturated carbocycles. The summed E-state index contributed by atoms with van der Waals surface area (Å²) in [5.74, 6) is -0.716. The van der Waals surface area contributed by atoms with Gasteiger partial charge < -0.3 is 4.74 Å². The van der Waals surface area contributed by atoms with Crippen LogP contribution in [-0.4, -0.2) is 26.7 Å². The van der Waals surface area contributed by atoms with E-state index in [4.69, 9.17) is 0 Å². The van der Waals surface area contributed by atoms with Gasteiger partial charge in [0.05, 0.1) is 12.0 Å². The largest absolute Gasteiger partial charge is 0.468 e. The molecule has 1 aromatic carbocycles. The maximum Gasteiger partial charge on any atom is 0.324 e. The van der Waals surface area contributed by atoms with Gasteiger partial charge in [0.1, 0.15) is 0 Å².